The van der Waals surface area contributed by atoms with Crippen LogP contribution < -0.4 is 5.32 Å². The zero-order chi connectivity index (χ0) is 19.5. The minimum Gasteiger partial charge on any atom is -0.350 e. The lowest BCUT2D eigenvalue weighted by molar-refractivity contribution is -0.122. The Labute approximate surface area is 169 Å². The molecule has 1 atom stereocenters. The first-order valence-electron chi connectivity index (χ1n) is 9.29. The summed E-state index contributed by atoms with van der Waals surface area (Å²) in [6, 6.07) is 11.6. The van der Waals surface area contributed by atoms with Crippen molar-refractivity contribution in [3.05, 3.63) is 60.1 Å². The minimum atomic E-state index is -0.00402. The number of benzene rings is 1. The highest BCUT2D eigenvalue weighted by Gasteiger charge is 2.22. The van der Waals surface area contributed by atoms with E-state index in [-0.39, 0.29) is 18.5 Å². The number of rotatable bonds is 5. The number of halogens is 1. The zero-order valence-electron chi connectivity index (χ0n) is 15.7. The number of imidazole rings is 1. The van der Waals surface area contributed by atoms with Gasteiger partial charge in [-0.05, 0) is 44.3 Å². The van der Waals surface area contributed by atoms with Crippen molar-refractivity contribution in [2.45, 2.75) is 19.0 Å². The van der Waals surface area contributed by atoms with Gasteiger partial charge in [0.15, 0.2) is 0 Å². The van der Waals surface area contributed by atoms with Gasteiger partial charge in [-0.25, -0.2) is 4.98 Å². The number of carbonyl (C=O) groups excluding carboxylic acids is 1. The van der Waals surface area contributed by atoms with Gasteiger partial charge in [0.2, 0.25) is 5.91 Å². The summed E-state index contributed by atoms with van der Waals surface area (Å²) >= 11 is 6.03. The third kappa shape index (κ3) is 4.08. The highest BCUT2D eigenvalue weighted by Crippen LogP contribution is 2.31. The van der Waals surface area contributed by atoms with Crippen molar-refractivity contribution in [2.75, 3.05) is 20.1 Å². The molecule has 0 bridgehead atoms. The summed E-state index contributed by atoms with van der Waals surface area (Å²) in [7, 11) is 2.07. The second-order valence-electron chi connectivity index (χ2n) is 7.13. The van der Waals surface area contributed by atoms with E-state index in [1.165, 1.54) is 0 Å². The molecule has 28 heavy (non-hydrogen) atoms. The van der Waals surface area contributed by atoms with Crippen LogP contribution in [0.25, 0.3) is 22.5 Å². The fourth-order valence-corrected chi connectivity index (χ4v) is 3.74. The van der Waals surface area contributed by atoms with Crippen LogP contribution in [0.15, 0.2) is 55.1 Å². The normalized spacial score (nSPS) is 17.0. The first-order chi connectivity index (χ1) is 13.6. The monoisotopic (exact) mass is 395 g/mol. The number of nitrogens with one attached hydrogen (secondary N) is 1. The lowest BCUT2D eigenvalue weighted by Crippen LogP contribution is -2.38. The summed E-state index contributed by atoms with van der Waals surface area (Å²) in [5, 5.41) is 3.81. The SMILES string of the molecule is CN1CCC(NC(=O)Cn2cnc(-c3ccc(Cl)cc3)c2-c2ccncc2)C1. The van der Waals surface area contributed by atoms with E-state index in [9.17, 15) is 4.79 Å². The summed E-state index contributed by atoms with van der Waals surface area (Å²) in [6.07, 6.45) is 6.19. The van der Waals surface area contributed by atoms with Crippen LogP contribution in [0.4, 0.5) is 0 Å². The molecule has 1 saturated heterocycles. The van der Waals surface area contributed by atoms with Crippen molar-refractivity contribution in [2.24, 2.45) is 0 Å². The Morgan fingerprint density at radius 1 is 1.18 bits per heavy atom. The van der Waals surface area contributed by atoms with Crippen molar-refractivity contribution in [3.8, 4) is 22.5 Å². The minimum absolute atomic E-state index is 0.00402. The van der Waals surface area contributed by atoms with Crippen LogP contribution in [0, 0.1) is 0 Å². The summed E-state index contributed by atoms with van der Waals surface area (Å²) < 4.78 is 1.90. The Hall–Kier alpha value is -2.70. The van der Waals surface area contributed by atoms with E-state index < -0.39 is 0 Å². The Morgan fingerprint density at radius 2 is 1.93 bits per heavy atom. The predicted octanol–water partition coefficient (Wildman–Crippen LogP) is 3.09. The molecule has 0 aliphatic carbocycles. The maximum absolute atomic E-state index is 12.6. The van der Waals surface area contributed by atoms with Crippen LogP contribution in [0.2, 0.25) is 5.02 Å². The van der Waals surface area contributed by atoms with Crippen LogP contribution in [-0.2, 0) is 11.3 Å². The molecule has 4 rings (SSSR count). The molecular weight excluding hydrogens is 374 g/mol. The van der Waals surface area contributed by atoms with Crippen molar-refractivity contribution in [3.63, 3.8) is 0 Å². The molecule has 144 valence electrons. The number of hydrogen-bond acceptors (Lipinski definition) is 4. The third-order valence-electron chi connectivity index (χ3n) is 4.98. The molecule has 1 aromatic carbocycles. The predicted molar refractivity (Wildman–Crippen MR) is 110 cm³/mol. The van der Waals surface area contributed by atoms with Gasteiger partial charge in [-0.15, -0.1) is 0 Å². The Balaban J connectivity index is 1.63. The first-order valence-corrected chi connectivity index (χ1v) is 9.67. The zero-order valence-corrected chi connectivity index (χ0v) is 16.4. The Morgan fingerprint density at radius 3 is 2.61 bits per heavy atom. The van der Waals surface area contributed by atoms with Gasteiger partial charge in [0.05, 0.1) is 17.7 Å². The second kappa shape index (κ2) is 8.12. The molecule has 0 saturated carbocycles. The van der Waals surface area contributed by atoms with Gasteiger partial charge in [0.1, 0.15) is 6.54 Å². The third-order valence-corrected chi connectivity index (χ3v) is 5.23. The largest absolute Gasteiger partial charge is 0.350 e. The Bertz CT molecular complexity index is 955. The molecule has 1 amide bonds. The van der Waals surface area contributed by atoms with E-state index in [0.717, 1.165) is 42.0 Å². The number of aromatic nitrogens is 3. The van der Waals surface area contributed by atoms with E-state index in [1.54, 1.807) is 18.7 Å². The number of likely N-dealkylation sites (tertiary alicyclic amines) is 1. The quantitative estimate of drug-likeness (QED) is 0.721. The highest BCUT2D eigenvalue weighted by molar-refractivity contribution is 6.30. The molecule has 1 unspecified atom stereocenters. The molecule has 1 fully saturated rings. The van der Waals surface area contributed by atoms with Crippen LogP contribution in [0.5, 0.6) is 0 Å². The molecule has 3 aromatic rings. The topological polar surface area (TPSA) is 63.1 Å². The number of hydrogen-bond donors (Lipinski definition) is 1. The maximum atomic E-state index is 12.6. The molecule has 1 N–H and O–H groups in total. The molecule has 3 heterocycles. The van der Waals surface area contributed by atoms with Crippen molar-refractivity contribution in [1.82, 2.24) is 24.8 Å². The van der Waals surface area contributed by atoms with Crippen LogP contribution in [0.1, 0.15) is 6.42 Å². The fourth-order valence-electron chi connectivity index (χ4n) is 3.61. The molecule has 0 spiro atoms. The molecule has 1 aliphatic heterocycles. The number of nitrogens with zero attached hydrogens (tertiary/aromatic N) is 4. The number of amides is 1. The van der Waals surface area contributed by atoms with E-state index in [4.69, 9.17) is 11.6 Å². The van der Waals surface area contributed by atoms with Gasteiger partial charge in [0.25, 0.3) is 0 Å². The van der Waals surface area contributed by atoms with Gasteiger partial charge in [-0.2, -0.15) is 0 Å². The maximum Gasteiger partial charge on any atom is 0.240 e. The lowest BCUT2D eigenvalue weighted by atomic mass is 10.1. The molecule has 1 aliphatic rings. The van der Waals surface area contributed by atoms with Crippen LogP contribution in [-0.4, -0.2) is 51.5 Å². The average Bonchev–Trinajstić information content (AvgIpc) is 3.29. The summed E-state index contributed by atoms with van der Waals surface area (Å²) in [5.41, 5.74) is 3.62. The number of likely N-dealkylation sites (N-methyl/N-ethyl adjacent to an activating group) is 1. The van der Waals surface area contributed by atoms with E-state index in [2.05, 4.69) is 27.2 Å². The van der Waals surface area contributed by atoms with E-state index in [1.807, 2.05) is 41.0 Å². The van der Waals surface area contributed by atoms with Crippen molar-refractivity contribution >= 4 is 17.5 Å². The van der Waals surface area contributed by atoms with Gasteiger partial charge >= 0.3 is 0 Å². The van der Waals surface area contributed by atoms with E-state index >= 15 is 0 Å². The fraction of sp³-hybridized carbons (Fsp3) is 0.286. The van der Waals surface area contributed by atoms with E-state index in [0.29, 0.717) is 5.02 Å². The molecule has 7 heteroatoms. The molecule has 6 nitrogen and oxygen atoms in total. The van der Waals surface area contributed by atoms with Gasteiger partial charge in [-0.3, -0.25) is 9.78 Å². The second-order valence-corrected chi connectivity index (χ2v) is 7.56. The highest BCUT2D eigenvalue weighted by atomic mass is 35.5. The summed E-state index contributed by atoms with van der Waals surface area (Å²) in [4.78, 5) is 23.6. The van der Waals surface area contributed by atoms with Crippen LogP contribution >= 0.6 is 11.6 Å². The molecule has 2 aromatic heterocycles. The smallest absolute Gasteiger partial charge is 0.240 e. The van der Waals surface area contributed by atoms with Crippen molar-refractivity contribution in [1.29, 1.82) is 0 Å². The first kappa shape index (κ1) is 18.7. The molecule has 0 radical (unpaired) electrons. The lowest BCUT2D eigenvalue weighted by Gasteiger charge is -2.15. The summed E-state index contributed by atoms with van der Waals surface area (Å²) in [5.74, 6) is -0.00402. The molecular formula is C21H22ClN5O. The van der Waals surface area contributed by atoms with Gasteiger partial charge in [0, 0.05) is 41.1 Å². The van der Waals surface area contributed by atoms with Crippen molar-refractivity contribution < 1.29 is 4.79 Å². The average molecular weight is 396 g/mol. The number of pyridine rings is 1. The number of carbonyl (C=O) groups is 1. The summed E-state index contributed by atoms with van der Waals surface area (Å²) in [6.45, 7) is 2.13. The van der Waals surface area contributed by atoms with Gasteiger partial charge < -0.3 is 14.8 Å². The Kier molecular flexibility index (Phi) is 5.41. The van der Waals surface area contributed by atoms with Crippen LogP contribution in [0.3, 0.4) is 0 Å². The standard InChI is InChI=1S/C21H22ClN5O/c1-26-11-8-18(12-26)25-19(28)13-27-14-24-20(15-2-4-17(22)5-3-15)21(27)16-6-9-23-10-7-16/h2-7,9-10,14,18H,8,11-13H2,1H3,(H,25,28). The van der Waals surface area contributed by atoms with Gasteiger partial charge in [-0.1, -0.05) is 23.7 Å².